The molecule has 0 unspecified atom stereocenters. The Morgan fingerprint density at radius 1 is 1.19 bits per heavy atom. The molecule has 26 heavy (non-hydrogen) atoms. The van der Waals surface area contributed by atoms with Crippen molar-refractivity contribution in [1.29, 1.82) is 0 Å². The number of hydrogen-bond acceptors (Lipinski definition) is 4. The van der Waals surface area contributed by atoms with Crippen LogP contribution in [0.1, 0.15) is 24.2 Å². The Kier molecular flexibility index (Phi) is 6.22. The number of sulfonamides is 1. The van der Waals surface area contributed by atoms with Crippen molar-refractivity contribution in [2.24, 2.45) is 7.05 Å². The maximum Gasteiger partial charge on any atom is 0.255 e. The van der Waals surface area contributed by atoms with E-state index >= 15 is 0 Å². The Morgan fingerprint density at radius 2 is 1.85 bits per heavy atom. The standard InChI is InChI=1S/C17H20ClN3O4S/c1-4-21(5-2)26(24,25)15-11-13(6-7-14(15)18)19-17(23)12-8-9-20(3)16(22)10-12/h6-11H,4-5H2,1-3H3,(H,19,23). The number of carbonyl (C=O) groups is 1. The number of aromatic nitrogens is 1. The molecule has 0 atom stereocenters. The van der Waals surface area contributed by atoms with Crippen molar-refractivity contribution >= 4 is 33.2 Å². The number of halogens is 1. The van der Waals surface area contributed by atoms with E-state index in [1.165, 1.54) is 45.4 Å². The summed E-state index contributed by atoms with van der Waals surface area (Å²) in [5.74, 6) is -0.517. The van der Waals surface area contributed by atoms with E-state index in [0.29, 0.717) is 13.1 Å². The minimum absolute atomic E-state index is 0.0727. The topological polar surface area (TPSA) is 88.5 Å². The summed E-state index contributed by atoms with van der Waals surface area (Å²) in [6.45, 7) is 4.07. The highest BCUT2D eigenvalue weighted by molar-refractivity contribution is 7.89. The van der Waals surface area contributed by atoms with Gasteiger partial charge in [0.15, 0.2) is 0 Å². The summed E-state index contributed by atoms with van der Waals surface area (Å²) in [5, 5.41) is 2.66. The van der Waals surface area contributed by atoms with Crippen molar-refractivity contribution in [3.8, 4) is 0 Å². The Labute approximate surface area is 157 Å². The molecule has 0 saturated heterocycles. The molecular formula is C17H20ClN3O4S. The van der Waals surface area contributed by atoms with E-state index in [1.54, 1.807) is 20.9 Å². The molecule has 1 aromatic carbocycles. The molecule has 1 heterocycles. The van der Waals surface area contributed by atoms with Gasteiger partial charge in [0.25, 0.3) is 11.5 Å². The van der Waals surface area contributed by atoms with Gasteiger partial charge in [-0.3, -0.25) is 9.59 Å². The number of hydrogen-bond donors (Lipinski definition) is 1. The number of pyridine rings is 1. The second kappa shape index (κ2) is 8.03. The number of aryl methyl sites for hydroxylation is 1. The van der Waals surface area contributed by atoms with Crippen LogP contribution >= 0.6 is 11.6 Å². The number of amides is 1. The molecule has 0 spiro atoms. The molecule has 0 radical (unpaired) electrons. The Morgan fingerprint density at radius 3 is 2.42 bits per heavy atom. The molecule has 2 aromatic rings. The van der Waals surface area contributed by atoms with Gasteiger partial charge in [-0.2, -0.15) is 4.31 Å². The fraction of sp³-hybridized carbons (Fsp3) is 0.294. The van der Waals surface area contributed by atoms with Gasteiger partial charge in [-0.25, -0.2) is 8.42 Å². The molecule has 9 heteroatoms. The van der Waals surface area contributed by atoms with E-state index in [1.807, 2.05) is 0 Å². The molecule has 0 aliphatic heterocycles. The van der Waals surface area contributed by atoms with Gasteiger partial charge < -0.3 is 9.88 Å². The van der Waals surface area contributed by atoms with Crippen LogP contribution in [0.25, 0.3) is 0 Å². The van der Waals surface area contributed by atoms with Crippen molar-refractivity contribution in [2.45, 2.75) is 18.7 Å². The van der Waals surface area contributed by atoms with E-state index < -0.39 is 15.9 Å². The molecule has 2 rings (SSSR count). The highest BCUT2D eigenvalue weighted by Gasteiger charge is 2.25. The normalized spacial score (nSPS) is 11.6. The first kappa shape index (κ1) is 20.2. The molecule has 7 nitrogen and oxygen atoms in total. The highest BCUT2D eigenvalue weighted by Crippen LogP contribution is 2.28. The van der Waals surface area contributed by atoms with Gasteiger partial charge in [0.2, 0.25) is 10.0 Å². The van der Waals surface area contributed by atoms with Gasteiger partial charge in [0.05, 0.1) is 5.02 Å². The largest absolute Gasteiger partial charge is 0.322 e. The van der Waals surface area contributed by atoms with Crippen LogP contribution in [0, 0.1) is 0 Å². The zero-order chi connectivity index (χ0) is 19.5. The van der Waals surface area contributed by atoms with Crippen molar-refractivity contribution < 1.29 is 13.2 Å². The van der Waals surface area contributed by atoms with Crippen molar-refractivity contribution in [3.05, 3.63) is 57.5 Å². The average Bonchev–Trinajstić information content (AvgIpc) is 2.59. The Hall–Kier alpha value is -2.16. The molecule has 140 valence electrons. The monoisotopic (exact) mass is 397 g/mol. The van der Waals surface area contributed by atoms with Crippen LogP contribution in [0.4, 0.5) is 5.69 Å². The molecule has 0 bridgehead atoms. The van der Waals surface area contributed by atoms with Crippen molar-refractivity contribution in [1.82, 2.24) is 8.87 Å². The number of nitrogens with one attached hydrogen (secondary N) is 1. The second-order valence-electron chi connectivity index (χ2n) is 5.55. The quantitative estimate of drug-likeness (QED) is 0.810. The fourth-order valence-corrected chi connectivity index (χ4v) is 4.33. The summed E-state index contributed by atoms with van der Waals surface area (Å²) in [6.07, 6.45) is 1.48. The van der Waals surface area contributed by atoms with Crippen molar-refractivity contribution in [2.75, 3.05) is 18.4 Å². The smallest absolute Gasteiger partial charge is 0.255 e. The second-order valence-corrected chi connectivity index (χ2v) is 7.87. The predicted octanol–water partition coefficient (Wildman–Crippen LogP) is 2.32. The molecule has 0 aliphatic carbocycles. The van der Waals surface area contributed by atoms with E-state index in [0.717, 1.165) is 0 Å². The maximum absolute atomic E-state index is 12.7. The van der Waals surface area contributed by atoms with Crippen LogP contribution < -0.4 is 10.9 Å². The molecular weight excluding hydrogens is 378 g/mol. The van der Waals surface area contributed by atoms with Gasteiger partial charge in [-0.05, 0) is 24.3 Å². The Bertz CT molecular complexity index is 982. The summed E-state index contributed by atoms with van der Waals surface area (Å²) in [7, 11) is -2.19. The summed E-state index contributed by atoms with van der Waals surface area (Å²) in [5.41, 5.74) is 0.126. The third kappa shape index (κ3) is 4.14. The van der Waals surface area contributed by atoms with E-state index in [-0.39, 0.29) is 26.7 Å². The molecule has 0 aliphatic rings. The van der Waals surface area contributed by atoms with E-state index in [2.05, 4.69) is 5.32 Å². The first-order valence-corrected chi connectivity index (χ1v) is 9.80. The van der Waals surface area contributed by atoms with Crippen LogP contribution in [-0.4, -0.2) is 36.3 Å². The number of nitrogens with zero attached hydrogens (tertiary/aromatic N) is 2. The van der Waals surface area contributed by atoms with Gasteiger partial charge in [0.1, 0.15) is 4.90 Å². The lowest BCUT2D eigenvalue weighted by Gasteiger charge is -2.19. The van der Waals surface area contributed by atoms with Crippen LogP contribution in [0.3, 0.4) is 0 Å². The first-order valence-electron chi connectivity index (χ1n) is 7.98. The third-order valence-electron chi connectivity index (χ3n) is 3.88. The Balaban J connectivity index is 2.36. The van der Waals surface area contributed by atoms with Crippen LogP contribution in [0.2, 0.25) is 5.02 Å². The number of benzene rings is 1. The van der Waals surface area contributed by atoms with Crippen LogP contribution in [0.5, 0.6) is 0 Å². The summed E-state index contributed by atoms with van der Waals surface area (Å²) in [6, 6.07) is 6.94. The molecule has 0 saturated carbocycles. The number of carbonyl (C=O) groups excluding carboxylic acids is 1. The zero-order valence-corrected chi connectivity index (χ0v) is 16.3. The SMILES string of the molecule is CCN(CC)S(=O)(=O)c1cc(NC(=O)c2ccn(C)c(=O)c2)ccc1Cl. The molecule has 1 amide bonds. The highest BCUT2D eigenvalue weighted by atomic mass is 35.5. The predicted molar refractivity (Wildman–Crippen MR) is 101 cm³/mol. The molecule has 0 fully saturated rings. The van der Waals surface area contributed by atoms with Gasteiger partial charge >= 0.3 is 0 Å². The van der Waals surface area contributed by atoms with Gasteiger partial charge in [0, 0.05) is 43.7 Å². The van der Waals surface area contributed by atoms with Gasteiger partial charge in [-0.15, -0.1) is 0 Å². The lowest BCUT2D eigenvalue weighted by Crippen LogP contribution is -2.31. The maximum atomic E-state index is 12.7. The van der Waals surface area contributed by atoms with E-state index in [9.17, 15) is 18.0 Å². The lowest BCUT2D eigenvalue weighted by molar-refractivity contribution is 0.102. The average molecular weight is 398 g/mol. The van der Waals surface area contributed by atoms with Crippen LogP contribution in [0.15, 0.2) is 46.2 Å². The summed E-state index contributed by atoms with van der Waals surface area (Å²) >= 11 is 6.07. The zero-order valence-electron chi connectivity index (χ0n) is 14.7. The lowest BCUT2D eigenvalue weighted by atomic mass is 10.2. The minimum atomic E-state index is -3.77. The van der Waals surface area contributed by atoms with Crippen molar-refractivity contribution in [3.63, 3.8) is 0 Å². The summed E-state index contributed by atoms with van der Waals surface area (Å²) < 4.78 is 28.0. The fourth-order valence-electron chi connectivity index (χ4n) is 2.37. The van der Waals surface area contributed by atoms with E-state index in [4.69, 9.17) is 11.6 Å². The number of rotatable bonds is 6. The molecule has 1 aromatic heterocycles. The number of anilines is 1. The van der Waals surface area contributed by atoms with Crippen LogP contribution in [-0.2, 0) is 17.1 Å². The molecule has 1 N–H and O–H groups in total. The first-order chi connectivity index (χ1) is 12.2. The minimum Gasteiger partial charge on any atom is -0.322 e. The summed E-state index contributed by atoms with van der Waals surface area (Å²) in [4.78, 5) is 23.9. The third-order valence-corrected chi connectivity index (χ3v) is 6.41. The van der Waals surface area contributed by atoms with Gasteiger partial charge in [-0.1, -0.05) is 25.4 Å².